The van der Waals surface area contributed by atoms with Crippen LogP contribution in [0.2, 0.25) is 0 Å². The second kappa shape index (κ2) is 8.77. The number of carbonyl (C=O) groups is 1. The smallest absolute Gasteiger partial charge is 0.318 e. The number of anilines is 1. The zero-order chi connectivity index (χ0) is 20.1. The van der Waals surface area contributed by atoms with E-state index in [1.165, 1.54) is 0 Å². The highest BCUT2D eigenvalue weighted by molar-refractivity contribution is 5.79. The van der Waals surface area contributed by atoms with Crippen molar-refractivity contribution < 1.29 is 13.9 Å². The number of ether oxygens (including phenoxy) is 1. The first-order valence-corrected chi connectivity index (χ1v) is 9.78. The number of rotatable bonds is 7. The molecule has 29 heavy (non-hydrogen) atoms. The highest BCUT2D eigenvalue weighted by Gasteiger charge is 2.25. The van der Waals surface area contributed by atoms with Crippen molar-refractivity contribution in [2.45, 2.75) is 25.3 Å². The highest BCUT2D eigenvalue weighted by atomic mass is 16.5. The van der Waals surface area contributed by atoms with Crippen molar-refractivity contribution in [1.29, 1.82) is 0 Å². The van der Waals surface area contributed by atoms with Crippen LogP contribution in [0.15, 0.2) is 59.0 Å². The lowest BCUT2D eigenvalue weighted by Gasteiger charge is -2.16. The maximum Gasteiger partial charge on any atom is 0.318 e. The minimum atomic E-state index is -0.495. The maximum absolute atomic E-state index is 12.7. The van der Waals surface area contributed by atoms with E-state index in [9.17, 15) is 4.79 Å². The van der Waals surface area contributed by atoms with E-state index in [2.05, 4.69) is 20.4 Å². The molecule has 150 valence electrons. The normalized spacial score (nSPS) is 14.6. The van der Waals surface area contributed by atoms with Crippen LogP contribution >= 0.6 is 0 Å². The molecule has 3 aromatic rings. The molecule has 1 saturated heterocycles. The molecule has 1 fully saturated rings. The van der Waals surface area contributed by atoms with Crippen molar-refractivity contribution in [2.75, 3.05) is 25.1 Å². The third kappa shape index (κ3) is 4.56. The molecule has 0 radical (unpaired) electrons. The first-order chi connectivity index (χ1) is 14.2. The average Bonchev–Trinajstić information content (AvgIpc) is 3.45. The van der Waals surface area contributed by atoms with Crippen molar-refractivity contribution in [3.63, 3.8) is 0 Å². The predicted octanol–water partition coefficient (Wildman–Crippen LogP) is 3.13. The zero-order valence-corrected chi connectivity index (χ0v) is 16.4. The van der Waals surface area contributed by atoms with Gasteiger partial charge < -0.3 is 19.4 Å². The molecule has 4 rings (SSSR count). The van der Waals surface area contributed by atoms with E-state index in [4.69, 9.17) is 9.15 Å². The van der Waals surface area contributed by atoms with Crippen molar-refractivity contribution in [1.82, 2.24) is 15.5 Å². The van der Waals surface area contributed by atoms with Crippen molar-refractivity contribution in [3.05, 3.63) is 71.6 Å². The summed E-state index contributed by atoms with van der Waals surface area (Å²) >= 11 is 0. The van der Waals surface area contributed by atoms with E-state index in [1.54, 1.807) is 7.11 Å². The molecule has 0 bridgehead atoms. The molecule has 1 aromatic heterocycles. The summed E-state index contributed by atoms with van der Waals surface area (Å²) in [5.74, 6) is 1.03. The van der Waals surface area contributed by atoms with E-state index in [1.807, 2.05) is 54.6 Å². The van der Waals surface area contributed by atoms with Crippen LogP contribution in [-0.4, -0.2) is 36.3 Å². The van der Waals surface area contributed by atoms with Gasteiger partial charge in [0.2, 0.25) is 11.8 Å². The number of nitrogens with zero attached hydrogens (tertiary/aromatic N) is 3. The van der Waals surface area contributed by atoms with Gasteiger partial charge in [0.05, 0.1) is 13.5 Å². The number of amides is 1. The second-order valence-corrected chi connectivity index (χ2v) is 7.05. The van der Waals surface area contributed by atoms with E-state index >= 15 is 0 Å². The fraction of sp³-hybridized carbons (Fsp3) is 0.318. The fourth-order valence-corrected chi connectivity index (χ4v) is 3.45. The minimum Gasteiger partial charge on any atom is -0.497 e. The molecule has 0 unspecified atom stereocenters. The van der Waals surface area contributed by atoms with Gasteiger partial charge in [0.25, 0.3) is 0 Å². The lowest BCUT2D eigenvalue weighted by atomic mass is 10.1. The Bertz CT molecular complexity index is 934. The van der Waals surface area contributed by atoms with E-state index in [-0.39, 0.29) is 12.3 Å². The number of methoxy groups -OCH3 is 1. The summed E-state index contributed by atoms with van der Waals surface area (Å²) in [5.41, 5.74) is 1.80. The number of carbonyl (C=O) groups excluding carboxylic acids is 1. The summed E-state index contributed by atoms with van der Waals surface area (Å²) in [5, 5.41) is 11.5. The second-order valence-electron chi connectivity index (χ2n) is 7.05. The SMILES string of the molecule is COc1ccc(CC(=O)N[C@H](c2ccccc2)c2nnc(N3CCCC3)o2)cc1. The fourth-order valence-electron chi connectivity index (χ4n) is 3.45. The number of hydrogen-bond donors (Lipinski definition) is 1. The van der Waals surface area contributed by atoms with E-state index in [0.717, 1.165) is 42.8 Å². The Morgan fingerprint density at radius 1 is 1.10 bits per heavy atom. The van der Waals surface area contributed by atoms with Crippen LogP contribution in [0.1, 0.15) is 35.9 Å². The Morgan fingerprint density at radius 2 is 1.83 bits per heavy atom. The van der Waals surface area contributed by atoms with E-state index in [0.29, 0.717) is 11.9 Å². The van der Waals surface area contributed by atoms with Crippen LogP contribution in [0, 0.1) is 0 Å². The Morgan fingerprint density at radius 3 is 2.52 bits per heavy atom. The molecule has 1 N–H and O–H groups in total. The first kappa shape index (κ1) is 19.0. The van der Waals surface area contributed by atoms with Crippen molar-refractivity contribution >= 4 is 11.9 Å². The molecule has 0 saturated carbocycles. The van der Waals surface area contributed by atoms with Gasteiger partial charge in [-0.1, -0.05) is 47.6 Å². The molecule has 7 nitrogen and oxygen atoms in total. The zero-order valence-electron chi connectivity index (χ0n) is 16.4. The van der Waals surface area contributed by atoms with Gasteiger partial charge in [0.1, 0.15) is 11.8 Å². The maximum atomic E-state index is 12.7. The highest BCUT2D eigenvalue weighted by Crippen LogP contribution is 2.25. The van der Waals surface area contributed by atoms with Gasteiger partial charge in [-0.15, -0.1) is 5.10 Å². The van der Waals surface area contributed by atoms with Gasteiger partial charge in [-0.25, -0.2) is 0 Å². The Hall–Kier alpha value is -3.35. The number of nitrogens with one attached hydrogen (secondary N) is 1. The summed E-state index contributed by atoms with van der Waals surface area (Å²) < 4.78 is 11.1. The van der Waals surface area contributed by atoms with Crippen LogP contribution in [0.3, 0.4) is 0 Å². The van der Waals surface area contributed by atoms with Crippen LogP contribution in [0.4, 0.5) is 6.01 Å². The Labute approximate surface area is 169 Å². The Balaban J connectivity index is 1.52. The summed E-state index contributed by atoms with van der Waals surface area (Å²) in [6.45, 7) is 1.84. The van der Waals surface area contributed by atoms with Gasteiger partial charge in [-0.2, -0.15) is 0 Å². The number of benzene rings is 2. The van der Waals surface area contributed by atoms with Gasteiger partial charge in [-0.05, 0) is 36.1 Å². The average molecular weight is 392 g/mol. The lowest BCUT2D eigenvalue weighted by molar-refractivity contribution is -0.121. The van der Waals surface area contributed by atoms with Crippen LogP contribution < -0.4 is 15.0 Å². The topological polar surface area (TPSA) is 80.5 Å². The molecular formula is C22H24N4O3. The van der Waals surface area contributed by atoms with Gasteiger partial charge in [-0.3, -0.25) is 4.79 Å². The van der Waals surface area contributed by atoms with Crippen LogP contribution in [-0.2, 0) is 11.2 Å². The first-order valence-electron chi connectivity index (χ1n) is 9.78. The third-order valence-electron chi connectivity index (χ3n) is 5.02. The molecular weight excluding hydrogens is 368 g/mol. The molecule has 1 aliphatic heterocycles. The summed E-state index contributed by atoms with van der Waals surface area (Å²) in [4.78, 5) is 14.8. The summed E-state index contributed by atoms with van der Waals surface area (Å²) in [6.07, 6.45) is 2.50. The lowest BCUT2D eigenvalue weighted by Crippen LogP contribution is -2.30. The predicted molar refractivity (Wildman–Crippen MR) is 109 cm³/mol. The van der Waals surface area contributed by atoms with Gasteiger partial charge in [0.15, 0.2) is 0 Å². The van der Waals surface area contributed by atoms with Crippen LogP contribution in [0.25, 0.3) is 0 Å². The monoisotopic (exact) mass is 392 g/mol. The van der Waals surface area contributed by atoms with Crippen LogP contribution in [0.5, 0.6) is 5.75 Å². The summed E-state index contributed by atoms with van der Waals surface area (Å²) in [6, 6.07) is 17.1. The minimum absolute atomic E-state index is 0.120. The molecule has 0 spiro atoms. The molecule has 1 aliphatic rings. The molecule has 7 heteroatoms. The molecule has 0 aliphatic carbocycles. The number of hydrogen-bond acceptors (Lipinski definition) is 6. The van der Waals surface area contributed by atoms with Crippen molar-refractivity contribution in [2.24, 2.45) is 0 Å². The molecule has 2 heterocycles. The quantitative estimate of drug-likeness (QED) is 0.665. The standard InChI is InChI=1S/C22H24N4O3/c1-28-18-11-9-16(10-12-18)15-19(27)23-20(17-7-3-2-4-8-17)21-24-25-22(29-21)26-13-5-6-14-26/h2-4,7-12,20H,5-6,13-15H2,1H3,(H,23,27)/t20-/m1/s1. The van der Waals surface area contributed by atoms with Gasteiger partial charge in [0, 0.05) is 13.1 Å². The van der Waals surface area contributed by atoms with Gasteiger partial charge >= 0.3 is 6.01 Å². The van der Waals surface area contributed by atoms with E-state index < -0.39 is 6.04 Å². The molecule has 1 atom stereocenters. The molecule has 2 aromatic carbocycles. The number of aromatic nitrogens is 2. The molecule has 1 amide bonds. The third-order valence-corrected chi connectivity index (χ3v) is 5.02. The Kier molecular flexibility index (Phi) is 5.74. The van der Waals surface area contributed by atoms with Crippen molar-refractivity contribution in [3.8, 4) is 5.75 Å². The summed E-state index contributed by atoms with van der Waals surface area (Å²) in [7, 11) is 1.62. The largest absolute Gasteiger partial charge is 0.497 e.